The van der Waals surface area contributed by atoms with Crippen molar-refractivity contribution in [1.29, 1.82) is 0 Å². The summed E-state index contributed by atoms with van der Waals surface area (Å²) in [6, 6.07) is 1.89. The molecule has 0 spiro atoms. The van der Waals surface area contributed by atoms with E-state index in [0.717, 1.165) is 5.01 Å². The molecule has 10 nitrogen and oxygen atoms in total. The lowest BCUT2D eigenvalue weighted by Gasteiger charge is -2.09. The molecule has 1 aromatic rings. The predicted octanol–water partition coefficient (Wildman–Crippen LogP) is 0.401. The standard InChI is InChI=1S/C11H10N4O6/c16-7-13-9(17)6-14(11(13)18)12-5-1-2-8-3-4-10(21-8)15(19)20/h1-5,16H,6-7H2/b2-1?,12-5+. The quantitative estimate of drug-likeness (QED) is 0.362. The summed E-state index contributed by atoms with van der Waals surface area (Å²) in [6.45, 7) is -0.953. The molecular formula is C11H10N4O6. The number of carbonyl (C=O) groups excluding carboxylic acids is 2. The van der Waals surface area contributed by atoms with Gasteiger partial charge in [0.1, 0.15) is 24.0 Å². The van der Waals surface area contributed by atoms with Gasteiger partial charge in [0.05, 0.1) is 6.07 Å². The number of urea groups is 1. The van der Waals surface area contributed by atoms with Crippen LogP contribution in [0, 0.1) is 10.1 Å². The molecule has 1 aliphatic heterocycles. The summed E-state index contributed by atoms with van der Waals surface area (Å²) in [5.74, 6) is -0.690. The molecule has 3 amide bonds. The Morgan fingerprint density at radius 3 is 2.81 bits per heavy atom. The Bertz CT molecular complexity index is 634. The lowest BCUT2D eigenvalue weighted by atomic mass is 10.4. The molecular weight excluding hydrogens is 284 g/mol. The van der Waals surface area contributed by atoms with Crippen molar-refractivity contribution in [3.63, 3.8) is 0 Å². The predicted molar refractivity (Wildman–Crippen MR) is 68.9 cm³/mol. The maximum absolute atomic E-state index is 11.5. The minimum atomic E-state index is -0.721. The van der Waals surface area contributed by atoms with E-state index < -0.39 is 23.6 Å². The zero-order chi connectivity index (χ0) is 15.4. The minimum absolute atomic E-state index is 0.244. The van der Waals surface area contributed by atoms with E-state index in [2.05, 4.69) is 5.10 Å². The summed E-state index contributed by atoms with van der Waals surface area (Å²) in [5, 5.41) is 23.8. The highest BCUT2D eigenvalue weighted by atomic mass is 16.6. The van der Waals surface area contributed by atoms with Gasteiger partial charge in [-0.1, -0.05) is 0 Å². The molecule has 21 heavy (non-hydrogen) atoms. The molecule has 0 aromatic carbocycles. The van der Waals surface area contributed by atoms with Gasteiger partial charge in [-0.15, -0.1) is 0 Å². The fraction of sp³-hybridized carbons (Fsp3) is 0.182. The number of aliphatic hydroxyl groups is 1. The summed E-state index contributed by atoms with van der Waals surface area (Å²) in [6.07, 6.45) is 4.02. The maximum atomic E-state index is 11.5. The number of hydrogen-bond donors (Lipinski definition) is 1. The minimum Gasteiger partial charge on any atom is -0.401 e. The number of hydrazone groups is 1. The largest absolute Gasteiger partial charge is 0.433 e. The Morgan fingerprint density at radius 2 is 2.24 bits per heavy atom. The van der Waals surface area contributed by atoms with Gasteiger partial charge in [0.2, 0.25) is 0 Å². The highest BCUT2D eigenvalue weighted by Gasteiger charge is 2.35. The van der Waals surface area contributed by atoms with Gasteiger partial charge in [0, 0.05) is 6.21 Å². The first-order valence-electron chi connectivity index (χ1n) is 5.70. The van der Waals surface area contributed by atoms with Crippen molar-refractivity contribution in [3.05, 3.63) is 34.1 Å². The molecule has 0 aliphatic carbocycles. The van der Waals surface area contributed by atoms with Gasteiger partial charge in [-0.05, 0) is 18.2 Å². The van der Waals surface area contributed by atoms with Crippen molar-refractivity contribution in [3.8, 4) is 0 Å². The number of aliphatic hydroxyl groups excluding tert-OH is 1. The molecule has 0 bridgehead atoms. The molecule has 2 rings (SSSR count). The molecule has 10 heteroatoms. The molecule has 0 saturated carbocycles. The molecule has 1 saturated heterocycles. The van der Waals surface area contributed by atoms with Crippen LogP contribution in [0.15, 0.2) is 27.7 Å². The highest BCUT2D eigenvalue weighted by molar-refractivity contribution is 6.02. The van der Waals surface area contributed by atoms with Crippen molar-refractivity contribution in [2.45, 2.75) is 0 Å². The van der Waals surface area contributed by atoms with Gasteiger partial charge in [-0.25, -0.2) is 14.7 Å². The van der Waals surface area contributed by atoms with Crippen LogP contribution in [0.1, 0.15) is 5.76 Å². The number of imide groups is 1. The van der Waals surface area contributed by atoms with E-state index in [4.69, 9.17) is 9.52 Å². The summed E-state index contributed by atoms with van der Waals surface area (Å²) >= 11 is 0. The average Bonchev–Trinajstić information content (AvgIpc) is 3.01. The second kappa shape index (κ2) is 5.96. The Labute approximate surface area is 117 Å². The Hall–Kier alpha value is -3.01. The number of carbonyl (C=O) groups is 2. The molecule has 110 valence electrons. The molecule has 1 aliphatic rings. The van der Waals surface area contributed by atoms with Crippen LogP contribution in [-0.4, -0.2) is 51.4 Å². The number of amides is 3. The number of rotatable bonds is 5. The van der Waals surface area contributed by atoms with Gasteiger partial charge in [0.15, 0.2) is 0 Å². The van der Waals surface area contributed by atoms with Crippen LogP contribution in [0.5, 0.6) is 0 Å². The Kier molecular flexibility index (Phi) is 4.09. The van der Waals surface area contributed by atoms with Gasteiger partial charge < -0.3 is 9.52 Å². The Balaban J connectivity index is 1.96. The van der Waals surface area contributed by atoms with Crippen LogP contribution in [0.2, 0.25) is 0 Å². The lowest BCUT2D eigenvalue weighted by Crippen LogP contribution is -2.32. The normalized spacial score (nSPS) is 15.9. The molecule has 1 N–H and O–H groups in total. The third kappa shape index (κ3) is 3.12. The van der Waals surface area contributed by atoms with Crippen LogP contribution in [0.3, 0.4) is 0 Å². The van der Waals surface area contributed by atoms with Crippen molar-refractivity contribution >= 4 is 30.1 Å². The zero-order valence-electron chi connectivity index (χ0n) is 10.6. The first kappa shape index (κ1) is 14.4. The van der Waals surface area contributed by atoms with Gasteiger partial charge in [-0.3, -0.25) is 14.9 Å². The number of hydrogen-bond acceptors (Lipinski definition) is 7. The van der Waals surface area contributed by atoms with Crippen molar-refractivity contribution in [2.24, 2.45) is 5.10 Å². The molecule has 2 heterocycles. The second-order valence-corrected chi connectivity index (χ2v) is 3.86. The lowest BCUT2D eigenvalue weighted by molar-refractivity contribution is -0.402. The van der Waals surface area contributed by atoms with Crippen molar-refractivity contribution in [1.82, 2.24) is 9.91 Å². The van der Waals surface area contributed by atoms with E-state index >= 15 is 0 Å². The molecule has 0 atom stereocenters. The molecule has 1 fully saturated rings. The molecule has 0 unspecified atom stereocenters. The van der Waals surface area contributed by atoms with E-state index in [0.29, 0.717) is 4.90 Å². The summed E-state index contributed by atoms with van der Waals surface area (Å²) < 4.78 is 4.87. The highest BCUT2D eigenvalue weighted by Crippen LogP contribution is 2.16. The van der Waals surface area contributed by atoms with E-state index in [1.165, 1.54) is 30.5 Å². The maximum Gasteiger partial charge on any atom is 0.433 e. The number of nitro groups is 1. The van der Waals surface area contributed by atoms with Crippen LogP contribution in [0.4, 0.5) is 10.7 Å². The van der Waals surface area contributed by atoms with E-state index in [9.17, 15) is 19.7 Å². The van der Waals surface area contributed by atoms with Gasteiger partial charge in [0.25, 0.3) is 5.91 Å². The smallest absolute Gasteiger partial charge is 0.401 e. The van der Waals surface area contributed by atoms with Crippen LogP contribution in [-0.2, 0) is 4.79 Å². The number of furan rings is 1. The SMILES string of the molecule is O=C1CN(/N=C/C=Cc2ccc([N+](=O)[O-])o2)C(=O)N1CO. The van der Waals surface area contributed by atoms with Gasteiger partial charge in [-0.2, -0.15) is 5.10 Å². The van der Waals surface area contributed by atoms with E-state index in [-0.39, 0.29) is 18.2 Å². The van der Waals surface area contributed by atoms with Crippen LogP contribution in [0.25, 0.3) is 6.08 Å². The fourth-order valence-corrected chi connectivity index (χ4v) is 1.54. The Morgan fingerprint density at radius 1 is 1.48 bits per heavy atom. The number of nitrogens with zero attached hydrogens (tertiary/aromatic N) is 4. The molecule has 1 aromatic heterocycles. The van der Waals surface area contributed by atoms with Crippen LogP contribution >= 0.6 is 0 Å². The summed E-state index contributed by atoms with van der Waals surface area (Å²) in [7, 11) is 0. The topological polar surface area (TPSA) is 129 Å². The summed E-state index contributed by atoms with van der Waals surface area (Å²) in [5.41, 5.74) is 0. The third-order valence-electron chi connectivity index (χ3n) is 2.52. The van der Waals surface area contributed by atoms with E-state index in [1.807, 2.05) is 0 Å². The molecule has 0 radical (unpaired) electrons. The van der Waals surface area contributed by atoms with Crippen molar-refractivity contribution < 1.29 is 24.0 Å². The van der Waals surface area contributed by atoms with Crippen molar-refractivity contribution in [2.75, 3.05) is 13.3 Å². The van der Waals surface area contributed by atoms with Crippen LogP contribution < -0.4 is 0 Å². The van der Waals surface area contributed by atoms with Gasteiger partial charge >= 0.3 is 11.9 Å². The second-order valence-electron chi connectivity index (χ2n) is 3.86. The average molecular weight is 294 g/mol. The third-order valence-corrected chi connectivity index (χ3v) is 2.52. The first-order chi connectivity index (χ1) is 10.0. The number of allylic oxidation sites excluding steroid dienone is 1. The fourth-order valence-electron chi connectivity index (χ4n) is 1.54. The zero-order valence-corrected chi connectivity index (χ0v) is 10.6. The van der Waals surface area contributed by atoms with E-state index in [1.54, 1.807) is 0 Å². The summed E-state index contributed by atoms with van der Waals surface area (Å²) in [4.78, 5) is 33.2. The first-order valence-corrected chi connectivity index (χ1v) is 5.70. The monoisotopic (exact) mass is 294 g/mol.